The summed E-state index contributed by atoms with van der Waals surface area (Å²) in [7, 11) is 0. The van der Waals surface area contributed by atoms with Crippen LogP contribution in [0.2, 0.25) is 0 Å². The van der Waals surface area contributed by atoms with Gasteiger partial charge in [-0.15, -0.1) is 0 Å². The number of aliphatic hydroxyl groups excluding tert-OH is 1. The Morgan fingerprint density at radius 2 is 1.22 bits per heavy atom. The second-order valence-electron chi connectivity index (χ2n) is 6.25. The summed E-state index contributed by atoms with van der Waals surface area (Å²) in [5.41, 5.74) is 0. The molecule has 110 valence electrons. The first-order chi connectivity index (χ1) is 8.70. The summed E-state index contributed by atoms with van der Waals surface area (Å²) < 4.78 is 0. The van der Waals surface area contributed by atoms with Gasteiger partial charge in [0.05, 0.1) is 0 Å². The van der Waals surface area contributed by atoms with Crippen LogP contribution in [0, 0.1) is 11.8 Å². The Kier molecular flexibility index (Phi) is 13.4. The van der Waals surface area contributed by atoms with E-state index >= 15 is 0 Å². The van der Waals surface area contributed by atoms with Crippen molar-refractivity contribution in [3.05, 3.63) is 0 Å². The van der Waals surface area contributed by atoms with Crippen LogP contribution in [0.3, 0.4) is 0 Å². The van der Waals surface area contributed by atoms with Gasteiger partial charge < -0.3 is 5.11 Å². The van der Waals surface area contributed by atoms with Crippen molar-refractivity contribution in [1.29, 1.82) is 0 Å². The van der Waals surface area contributed by atoms with E-state index in [9.17, 15) is 0 Å². The number of unbranched alkanes of at least 4 members (excludes halogenated alkanes) is 8. The Bertz CT molecular complexity index is 156. The maximum Gasteiger partial charge on any atom is 0.0456 e. The molecule has 0 aliphatic rings. The molecule has 0 radical (unpaired) electrons. The van der Waals surface area contributed by atoms with Gasteiger partial charge in [0.25, 0.3) is 0 Å². The minimum atomic E-state index is 0.349. The molecule has 0 amide bonds. The summed E-state index contributed by atoms with van der Waals surface area (Å²) in [6.07, 6.45) is 15.3. The van der Waals surface area contributed by atoms with Gasteiger partial charge in [0, 0.05) is 6.61 Å². The van der Waals surface area contributed by atoms with Gasteiger partial charge in [-0.2, -0.15) is 0 Å². The fourth-order valence-corrected chi connectivity index (χ4v) is 2.68. The van der Waals surface area contributed by atoms with E-state index in [4.69, 9.17) is 5.11 Å². The van der Waals surface area contributed by atoms with Gasteiger partial charge in [-0.1, -0.05) is 85.0 Å². The van der Waals surface area contributed by atoms with Gasteiger partial charge in [-0.25, -0.2) is 0 Å². The molecule has 1 nitrogen and oxygen atoms in total. The normalized spacial score (nSPS) is 14.7. The Morgan fingerprint density at radius 1 is 0.722 bits per heavy atom. The van der Waals surface area contributed by atoms with E-state index in [1.54, 1.807) is 0 Å². The topological polar surface area (TPSA) is 20.2 Å². The summed E-state index contributed by atoms with van der Waals surface area (Å²) in [5.74, 6) is 1.27. The van der Waals surface area contributed by atoms with Crippen LogP contribution in [0.1, 0.15) is 91.4 Å². The average Bonchev–Trinajstić information content (AvgIpc) is 2.36. The predicted octanol–water partition coefficient (Wildman–Crippen LogP) is 5.56. The van der Waals surface area contributed by atoms with Crippen molar-refractivity contribution in [3.63, 3.8) is 0 Å². The monoisotopic (exact) mass is 256 g/mol. The molecule has 1 heteroatoms. The number of aliphatic hydroxyl groups is 1. The van der Waals surface area contributed by atoms with Crippen LogP contribution in [0.5, 0.6) is 0 Å². The van der Waals surface area contributed by atoms with Gasteiger partial charge in [-0.05, 0) is 18.3 Å². The molecule has 0 heterocycles. The standard InChI is InChI=1S/C17H36O/c1-4-5-6-7-8-9-10-11-12-13-16(2)14-17(3)15-18/h16-18H,4-15H2,1-3H3. The average molecular weight is 256 g/mol. The smallest absolute Gasteiger partial charge is 0.0456 e. The first-order valence-electron chi connectivity index (χ1n) is 8.31. The third kappa shape index (κ3) is 12.4. The van der Waals surface area contributed by atoms with E-state index in [1.165, 1.54) is 70.6 Å². The lowest BCUT2D eigenvalue weighted by Gasteiger charge is -2.15. The van der Waals surface area contributed by atoms with Crippen molar-refractivity contribution in [2.24, 2.45) is 11.8 Å². The molecule has 0 saturated heterocycles. The molecule has 1 N–H and O–H groups in total. The Labute approximate surface area is 115 Å². The molecule has 0 rings (SSSR count). The van der Waals surface area contributed by atoms with E-state index in [0.717, 1.165) is 5.92 Å². The quantitative estimate of drug-likeness (QED) is 0.428. The fraction of sp³-hybridized carbons (Fsp3) is 1.00. The van der Waals surface area contributed by atoms with E-state index in [2.05, 4.69) is 20.8 Å². The SMILES string of the molecule is CCCCCCCCCCCC(C)CC(C)CO. The third-order valence-corrected chi connectivity index (χ3v) is 3.92. The molecular weight excluding hydrogens is 220 g/mol. The molecule has 0 aliphatic heterocycles. The molecule has 0 spiro atoms. The Balaban J connectivity index is 3.15. The summed E-state index contributed by atoms with van der Waals surface area (Å²) >= 11 is 0. The summed E-state index contributed by atoms with van der Waals surface area (Å²) in [5, 5.41) is 9.01. The maximum atomic E-state index is 9.01. The number of hydrogen-bond acceptors (Lipinski definition) is 1. The first-order valence-corrected chi connectivity index (χ1v) is 8.31. The first kappa shape index (κ1) is 18.0. The minimum Gasteiger partial charge on any atom is -0.396 e. The van der Waals surface area contributed by atoms with Crippen LogP contribution in [-0.2, 0) is 0 Å². The highest BCUT2D eigenvalue weighted by molar-refractivity contribution is 4.59. The van der Waals surface area contributed by atoms with Crippen LogP contribution in [0.25, 0.3) is 0 Å². The number of rotatable bonds is 13. The van der Waals surface area contributed by atoms with Gasteiger partial charge >= 0.3 is 0 Å². The third-order valence-electron chi connectivity index (χ3n) is 3.92. The lowest BCUT2D eigenvalue weighted by atomic mass is 9.93. The molecule has 2 unspecified atom stereocenters. The van der Waals surface area contributed by atoms with Crippen molar-refractivity contribution in [2.45, 2.75) is 91.4 Å². The molecule has 0 bridgehead atoms. The fourth-order valence-electron chi connectivity index (χ4n) is 2.68. The highest BCUT2D eigenvalue weighted by Crippen LogP contribution is 2.18. The van der Waals surface area contributed by atoms with Crippen LogP contribution in [0.15, 0.2) is 0 Å². The Hall–Kier alpha value is -0.0400. The second-order valence-corrected chi connectivity index (χ2v) is 6.25. The highest BCUT2D eigenvalue weighted by atomic mass is 16.3. The molecule has 0 aromatic heterocycles. The Morgan fingerprint density at radius 3 is 1.72 bits per heavy atom. The van der Waals surface area contributed by atoms with Crippen LogP contribution < -0.4 is 0 Å². The molecule has 0 aromatic rings. The van der Waals surface area contributed by atoms with Crippen molar-refractivity contribution >= 4 is 0 Å². The van der Waals surface area contributed by atoms with Crippen LogP contribution in [0.4, 0.5) is 0 Å². The molecular formula is C17H36O. The largest absolute Gasteiger partial charge is 0.396 e. The molecule has 0 fully saturated rings. The molecule has 18 heavy (non-hydrogen) atoms. The maximum absolute atomic E-state index is 9.01. The van der Waals surface area contributed by atoms with Crippen LogP contribution >= 0.6 is 0 Å². The number of hydrogen-bond donors (Lipinski definition) is 1. The van der Waals surface area contributed by atoms with Gasteiger partial charge in [0.15, 0.2) is 0 Å². The summed E-state index contributed by atoms with van der Waals surface area (Å²) in [6, 6.07) is 0. The molecule has 2 atom stereocenters. The van der Waals surface area contributed by atoms with Crippen LogP contribution in [-0.4, -0.2) is 11.7 Å². The van der Waals surface area contributed by atoms with Gasteiger partial charge in [0.2, 0.25) is 0 Å². The predicted molar refractivity (Wildman–Crippen MR) is 81.9 cm³/mol. The van der Waals surface area contributed by atoms with Crippen molar-refractivity contribution in [1.82, 2.24) is 0 Å². The van der Waals surface area contributed by atoms with E-state index in [-0.39, 0.29) is 0 Å². The lowest BCUT2D eigenvalue weighted by molar-refractivity contribution is 0.212. The molecule has 0 aromatic carbocycles. The summed E-state index contributed by atoms with van der Waals surface area (Å²) in [4.78, 5) is 0. The zero-order valence-corrected chi connectivity index (χ0v) is 13.1. The van der Waals surface area contributed by atoms with E-state index in [0.29, 0.717) is 12.5 Å². The lowest BCUT2D eigenvalue weighted by Crippen LogP contribution is -2.06. The van der Waals surface area contributed by atoms with E-state index in [1.807, 2.05) is 0 Å². The molecule has 0 saturated carbocycles. The van der Waals surface area contributed by atoms with Gasteiger partial charge in [-0.3, -0.25) is 0 Å². The zero-order chi connectivity index (χ0) is 13.6. The molecule has 0 aliphatic carbocycles. The van der Waals surface area contributed by atoms with Gasteiger partial charge in [0.1, 0.15) is 0 Å². The summed E-state index contributed by atoms with van der Waals surface area (Å²) in [6.45, 7) is 7.10. The van der Waals surface area contributed by atoms with Crippen molar-refractivity contribution in [2.75, 3.05) is 6.61 Å². The minimum absolute atomic E-state index is 0.349. The van der Waals surface area contributed by atoms with Crippen molar-refractivity contribution < 1.29 is 5.11 Å². The second kappa shape index (κ2) is 13.4. The zero-order valence-electron chi connectivity index (χ0n) is 13.1. The highest BCUT2D eigenvalue weighted by Gasteiger charge is 2.07. The van der Waals surface area contributed by atoms with E-state index < -0.39 is 0 Å². The van der Waals surface area contributed by atoms with Crippen molar-refractivity contribution in [3.8, 4) is 0 Å².